The third kappa shape index (κ3) is 4.92. The van der Waals surface area contributed by atoms with E-state index in [-0.39, 0.29) is 4.90 Å². The Morgan fingerprint density at radius 3 is 2.55 bits per heavy atom. The Kier molecular flexibility index (Phi) is 6.31. The van der Waals surface area contributed by atoms with Crippen LogP contribution in [0.2, 0.25) is 5.02 Å². The minimum Gasteiger partial charge on any atom is -0.481 e. The van der Waals surface area contributed by atoms with Crippen LogP contribution in [0, 0.1) is 5.92 Å². The first-order chi connectivity index (χ1) is 14.8. The molecule has 0 bridgehead atoms. The van der Waals surface area contributed by atoms with Gasteiger partial charge in [0.05, 0.1) is 4.90 Å². The van der Waals surface area contributed by atoms with Crippen molar-refractivity contribution in [3.05, 3.63) is 59.4 Å². The van der Waals surface area contributed by atoms with Gasteiger partial charge < -0.3 is 9.26 Å². The zero-order valence-electron chi connectivity index (χ0n) is 17.4. The van der Waals surface area contributed by atoms with E-state index in [9.17, 15) is 8.42 Å². The SMILES string of the molecule is CC1CCN(S(=O)(=O)c2ccc(-c3noc([C@H](C)Oc4cccc(Cl)c4)n3)cc2)CC1. The first-order valence-corrected chi connectivity index (χ1v) is 12.0. The molecule has 1 fully saturated rings. The van der Waals surface area contributed by atoms with Crippen LogP contribution in [-0.2, 0) is 10.0 Å². The fraction of sp³-hybridized carbons (Fsp3) is 0.364. The Hall–Kier alpha value is -2.42. The molecule has 0 radical (unpaired) electrons. The summed E-state index contributed by atoms with van der Waals surface area (Å²) in [6.45, 7) is 5.07. The largest absolute Gasteiger partial charge is 0.481 e. The number of rotatable bonds is 6. The van der Waals surface area contributed by atoms with Gasteiger partial charge in [0, 0.05) is 23.7 Å². The zero-order chi connectivity index (χ0) is 22.0. The Labute approximate surface area is 187 Å². The predicted octanol–water partition coefficient (Wildman–Crippen LogP) is 4.95. The number of sulfonamides is 1. The van der Waals surface area contributed by atoms with Crippen LogP contribution in [0.5, 0.6) is 5.75 Å². The average Bonchev–Trinajstić information content (AvgIpc) is 3.25. The molecule has 164 valence electrons. The predicted molar refractivity (Wildman–Crippen MR) is 117 cm³/mol. The summed E-state index contributed by atoms with van der Waals surface area (Å²) in [5, 5.41) is 4.58. The maximum absolute atomic E-state index is 12.9. The van der Waals surface area contributed by atoms with Crippen molar-refractivity contribution in [1.82, 2.24) is 14.4 Å². The summed E-state index contributed by atoms with van der Waals surface area (Å²) in [5.74, 6) is 1.84. The molecule has 0 N–H and O–H groups in total. The van der Waals surface area contributed by atoms with Crippen LogP contribution in [0.25, 0.3) is 11.4 Å². The van der Waals surface area contributed by atoms with Crippen LogP contribution in [0.15, 0.2) is 57.9 Å². The van der Waals surface area contributed by atoms with Crippen molar-refractivity contribution in [1.29, 1.82) is 0 Å². The van der Waals surface area contributed by atoms with Crippen molar-refractivity contribution < 1.29 is 17.7 Å². The Morgan fingerprint density at radius 1 is 1.16 bits per heavy atom. The summed E-state index contributed by atoms with van der Waals surface area (Å²) in [4.78, 5) is 4.66. The van der Waals surface area contributed by atoms with Gasteiger partial charge in [-0.1, -0.05) is 29.7 Å². The quantitative estimate of drug-likeness (QED) is 0.516. The highest BCUT2D eigenvalue weighted by Gasteiger charge is 2.28. The van der Waals surface area contributed by atoms with E-state index in [1.54, 1.807) is 59.8 Å². The summed E-state index contributed by atoms with van der Waals surface area (Å²) in [7, 11) is -3.49. The van der Waals surface area contributed by atoms with Crippen LogP contribution >= 0.6 is 11.6 Å². The summed E-state index contributed by atoms with van der Waals surface area (Å²) in [5.41, 5.74) is 0.663. The van der Waals surface area contributed by atoms with E-state index in [0.717, 1.165) is 12.8 Å². The maximum Gasteiger partial charge on any atom is 0.267 e. The molecule has 4 rings (SSSR count). The smallest absolute Gasteiger partial charge is 0.267 e. The summed E-state index contributed by atoms with van der Waals surface area (Å²) >= 11 is 5.98. The first kappa shape index (κ1) is 21.8. The number of benzene rings is 2. The van der Waals surface area contributed by atoms with Crippen LogP contribution < -0.4 is 4.74 Å². The molecule has 0 amide bonds. The van der Waals surface area contributed by atoms with Gasteiger partial charge in [-0.25, -0.2) is 8.42 Å². The van der Waals surface area contributed by atoms with E-state index in [1.807, 2.05) is 0 Å². The number of piperidine rings is 1. The van der Waals surface area contributed by atoms with Gasteiger partial charge in [0.2, 0.25) is 15.8 Å². The molecule has 0 unspecified atom stereocenters. The van der Waals surface area contributed by atoms with E-state index < -0.39 is 16.1 Å². The minimum absolute atomic E-state index is 0.271. The van der Waals surface area contributed by atoms with Crippen molar-refractivity contribution in [3.8, 4) is 17.1 Å². The Morgan fingerprint density at radius 2 is 1.87 bits per heavy atom. The molecular weight excluding hydrogens is 438 g/mol. The van der Waals surface area contributed by atoms with Gasteiger partial charge >= 0.3 is 0 Å². The van der Waals surface area contributed by atoms with Crippen molar-refractivity contribution in [2.45, 2.75) is 37.7 Å². The van der Waals surface area contributed by atoms with Crippen LogP contribution in [-0.4, -0.2) is 36.0 Å². The van der Waals surface area contributed by atoms with Gasteiger partial charge in [0.15, 0.2) is 6.10 Å². The third-order valence-electron chi connectivity index (χ3n) is 5.39. The molecule has 1 saturated heterocycles. The topological polar surface area (TPSA) is 85.5 Å². The van der Waals surface area contributed by atoms with Gasteiger partial charge in [-0.3, -0.25) is 0 Å². The highest BCUT2D eigenvalue weighted by atomic mass is 35.5. The normalized spacial score (nSPS) is 16.9. The molecule has 0 aliphatic carbocycles. The van der Waals surface area contributed by atoms with Crippen LogP contribution in [0.4, 0.5) is 0 Å². The second-order valence-corrected chi connectivity index (χ2v) is 10.2. The number of halogens is 1. The van der Waals surface area contributed by atoms with Gasteiger partial charge in [-0.05, 0) is 68.1 Å². The van der Waals surface area contributed by atoms with Crippen molar-refractivity contribution >= 4 is 21.6 Å². The molecule has 7 nitrogen and oxygen atoms in total. The fourth-order valence-corrected chi connectivity index (χ4v) is 5.11. The molecule has 3 aromatic rings. The lowest BCUT2D eigenvalue weighted by Gasteiger charge is -2.29. The van der Waals surface area contributed by atoms with Crippen LogP contribution in [0.3, 0.4) is 0 Å². The molecule has 1 atom stereocenters. The molecule has 0 spiro atoms. The van der Waals surface area contributed by atoms with E-state index in [4.69, 9.17) is 20.9 Å². The van der Waals surface area contributed by atoms with E-state index in [0.29, 0.717) is 47.1 Å². The summed E-state index contributed by atoms with van der Waals surface area (Å²) in [6.07, 6.45) is 1.30. The highest BCUT2D eigenvalue weighted by Crippen LogP contribution is 2.27. The number of nitrogens with zero attached hydrogens (tertiary/aromatic N) is 3. The van der Waals surface area contributed by atoms with Gasteiger partial charge in [0.1, 0.15) is 5.75 Å². The van der Waals surface area contributed by atoms with Crippen LogP contribution in [0.1, 0.15) is 38.7 Å². The van der Waals surface area contributed by atoms with Gasteiger partial charge in [0.25, 0.3) is 5.89 Å². The van der Waals surface area contributed by atoms with Crippen molar-refractivity contribution in [2.24, 2.45) is 5.92 Å². The lowest BCUT2D eigenvalue weighted by Crippen LogP contribution is -2.37. The monoisotopic (exact) mass is 461 g/mol. The number of hydrogen-bond acceptors (Lipinski definition) is 6. The average molecular weight is 462 g/mol. The lowest BCUT2D eigenvalue weighted by molar-refractivity contribution is 0.176. The molecule has 31 heavy (non-hydrogen) atoms. The fourth-order valence-electron chi connectivity index (χ4n) is 3.46. The Balaban J connectivity index is 1.47. The van der Waals surface area contributed by atoms with E-state index >= 15 is 0 Å². The molecule has 1 aliphatic heterocycles. The maximum atomic E-state index is 12.9. The first-order valence-electron chi connectivity index (χ1n) is 10.2. The van der Waals surface area contributed by atoms with Gasteiger partial charge in [-0.15, -0.1) is 0 Å². The standard InChI is InChI=1S/C22H24ClN3O4S/c1-15-10-12-26(13-11-15)31(27,28)20-8-6-17(7-9-20)21-24-22(30-25-21)16(2)29-19-5-3-4-18(23)14-19/h3-9,14-16H,10-13H2,1-2H3/t16-/m0/s1. The number of hydrogen-bond donors (Lipinski definition) is 0. The second kappa shape index (κ2) is 8.98. The lowest BCUT2D eigenvalue weighted by atomic mass is 10.0. The Bertz CT molecular complexity index is 1140. The molecule has 1 aliphatic rings. The molecule has 1 aromatic heterocycles. The van der Waals surface area contributed by atoms with Crippen molar-refractivity contribution in [3.63, 3.8) is 0 Å². The zero-order valence-corrected chi connectivity index (χ0v) is 18.9. The van der Waals surface area contributed by atoms with Crippen molar-refractivity contribution in [2.75, 3.05) is 13.1 Å². The third-order valence-corrected chi connectivity index (χ3v) is 7.54. The molecule has 2 aromatic carbocycles. The molecular formula is C22H24ClN3O4S. The summed E-state index contributed by atoms with van der Waals surface area (Å²) < 4.78 is 38.5. The highest BCUT2D eigenvalue weighted by molar-refractivity contribution is 7.89. The number of ether oxygens (including phenoxy) is 1. The molecule has 9 heteroatoms. The minimum atomic E-state index is -3.49. The molecule has 2 heterocycles. The van der Waals surface area contributed by atoms with E-state index in [1.165, 1.54) is 0 Å². The number of aromatic nitrogens is 2. The van der Waals surface area contributed by atoms with Gasteiger partial charge in [-0.2, -0.15) is 9.29 Å². The van der Waals surface area contributed by atoms with E-state index in [2.05, 4.69) is 17.1 Å². The summed E-state index contributed by atoms with van der Waals surface area (Å²) in [6, 6.07) is 13.6. The second-order valence-electron chi connectivity index (χ2n) is 7.78. The molecule has 0 saturated carbocycles.